The van der Waals surface area contributed by atoms with E-state index in [9.17, 15) is 13.2 Å². The molecule has 0 aromatic heterocycles. The number of aliphatic carboxylic acids is 1. The van der Waals surface area contributed by atoms with Crippen LogP contribution in [0.4, 0.5) is 0 Å². The Morgan fingerprint density at radius 1 is 1.38 bits per heavy atom. The van der Waals surface area contributed by atoms with Gasteiger partial charge in [0.1, 0.15) is 6.04 Å². The molecule has 0 aliphatic carbocycles. The van der Waals surface area contributed by atoms with Gasteiger partial charge in [0.15, 0.2) is 0 Å². The highest BCUT2D eigenvalue weighted by atomic mass is 32.2. The van der Waals surface area contributed by atoms with Gasteiger partial charge in [0.05, 0.1) is 0 Å². The second-order valence-corrected chi connectivity index (χ2v) is 5.58. The van der Waals surface area contributed by atoms with Gasteiger partial charge in [-0.2, -0.15) is 17.4 Å². The van der Waals surface area contributed by atoms with E-state index in [0.29, 0.717) is 13.1 Å². The average molecular weight is 250 g/mol. The van der Waals surface area contributed by atoms with Gasteiger partial charge in [-0.25, -0.2) is 0 Å². The molecule has 0 unspecified atom stereocenters. The van der Waals surface area contributed by atoms with Crippen LogP contribution in [-0.2, 0) is 15.0 Å². The van der Waals surface area contributed by atoms with E-state index in [-0.39, 0.29) is 6.42 Å². The maximum atomic E-state index is 11.8. The first-order valence-electron chi connectivity index (χ1n) is 5.47. The van der Waals surface area contributed by atoms with Crippen molar-refractivity contribution in [1.82, 2.24) is 9.03 Å². The molecular weight excluding hydrogens is 232 g/mol. The largest absolute Gasteiger partial charge is 0.480 e. The Balaban J connectivity index is 2.65. The van der Waals surface area contributed by atoms with Gasteiger partial charge in [-0.05, 0) is 19.3 Å². The molecule has 1 saturated heterocycles. The van der Waals surface area contributed by atoms with Crippen LogP contribution in [0.2, 0.25) is 0 Å². The Morgan fingerprint density at radius 3 is 2.38 bits per heavy atom. The van der Waals surface area contributed by atoms with Gasteiger partial charge >= 0.3 is 5.97 Å². The van der Waals surface area contributed by atoms with E-state index in [1.54, 1.807) is 6.92 Å². The standard InChI is InChI=1S/C9H18N2O4S/c1-2-8(9(12)13)10-16(14,15)11-6-4-3-5-7-11/h8,10H,2-7H2,1H3,(H,12,13)/t8-/m0/s1. The van der Waals surface area contributed by atoms with Crippen molar-refractivity contribution in [3.63, 3.8) is 0 Å². The summed E-state index contributed by atoms with van der Waals surface area (Å²) in [4.78, 5) is 10.7. The number of carboxylic acid groups (broad SMARTS) is 1. The second kappa shape index (κ2) is 5.60. The summed E-state index contributed by atoms with van der Waals surface area (Å²) >= 11 is 0. The van der Waals surface area contributed by atoms with Crippen molar-refractivity contribution >= 4 is 16.2 Å². The van der Waals surface area contributed by atoms with Crippen LogP contribution in [0.3, 0.4) is 0 Å². The number of piperidine rings is 1. The van der Waals surface area contributed by atoms with Crippen LogP contribution in [0.5, 0.6) is 0 Å². The van der Waals surface area contributed by atoms with Crippen molar-refractivity contribution in [3.05, 3.63) is 0 Å². The molecule has 0 bridgehead atoms. The second-order valence-electron chi connectivity index (χ2n) is 3.88. The lowest BCUT2D eigenvalue weighted by Crippen LogP contribution is -2.49. The molecule has 0 radical (unpaired) electrons. The average Bonchev–Trinajstić information content (AvgIpc) is 2.27. The fraction of sp³-hybridized carbons (Fsp3) is 0.889. The van der Waals surface area contributed by atoms with Gasteiger partial charge in [-0.3, -0.25) is 4.79 Å². The summed E-state index contributed by atoms with van der Waals surface area (Å²) in [6, 6.07) is -1.04. The number of nitrogens with one attached hydrogen (secondary N) is 1. The Morgan fingerprint density at radius 2 is 1.94 bits per heavy atom. The first-order valence-corrected chi connectivity index (χ1v) is 6.91. The van der Waals surface area contributed by atoms with Crippen molar-refractivity contribution in [1.29, 1.82) is 0 Å². The zero-order valence-corrected chi connectivity index (χ0v) is 10.2. The summed E-state index contributed by atoms with van der Waals surface area (Å²) in [6.45, 7) is 2.59. The molecule has 0 aromatic rings. The van der Waals surface area contributed by atoms with Gasteiger partial charge in [-0.1, -0.05) is 13.3 Å². The molecule has 0 spiro atoms. The van der Waals surface area contributed by atoms with Gasteiger partial charge in [-0.15, -0.1) is 0 Å². The van der Waals surface area contributed by atoms with Gasteiger partial charge in [0, 0.05) is 13.1 Å². The Hall–Kier alpha value is -0.660. The minimum Gasteiger partial charge on any atom is -0.480 e. The maximum absolute atomic E-state index is 11.8. The highest BCUT2D eigenvalue weighted by molar-refractivity contribution is 7.87. The number of hydrogen-bond donors (Lipinski definition) is 2. The van der Waals surface area contributed by atoms with Crippen LogP contribution in [-0.4, -0.2) is 42.9 Å². The lowest BCUT2D eigenvalue weighted by Gasteiger charge is -2.27. The number of rotatable bonds is 5. The van der Waals surface area contributed by atoms with E-state index in [2.05, 4.69) is 4.72 Å². The smallest absolute Gasteiger partial charge is 0.321 e. The molecule has 1 heterocycles. The predicted octanol–water partition coefficient (Wildman–Crippen LogP) is 0.170. The summed E-state index contributed by atoms with van der Waals surface area (Å²) in [5.74, 6) is -1.14. The third-order valence-electron chi connectivity index (χ3n) is 2.65. The third-order valence-corrected chi connectivity index (χ3v) is 4.28. The van der Waals surface area contributed by atoms with E-state index < -0.39 is 22.2 Å². The lowest BCUT2D eigenvalue weighted by atomic mass is 10.2. The van der Waals surface area contributed by atoms with E-state index in [1.807, 2.05) is 0 Å². The van der Waals surface area contributed by atoms with Crippen molar-refractivity contribution in [2.45, 2.75) is 38.6 Å². The quantitative estimate of drug-likeness (QED) is 0.728. The van der Waals surface area contributed by atoms with E-state index in [0.717, 1.165) is 19.3 Å². The first kappa shape index (κ1) is 13.4. The molecule has 7 heteroatoms. The van der Waals surface area contributed by atoms with Gasteiger partial charge in [0.2, 0.25) is 0 Å². The first-order chi connectivity index (χ1) is 7.47. The molecule has 94 valence electrons. The van der Waals surface area contributed by atoms with Crippen molar-refractivity contribution < 1.29 is 18.3 Å². The summed E-state index contributed by atoms with van der Waals surface area (Å²) in [6.07, 6.45) is 2.94. The van der Waals surface area contributed by atoms with Crippen LogP contribution in [0.1, 0.15) is 32.6 Å². The van der Waals surface area contributed by atoms with Crippen LogP contribution in [0, 0.1) is 0 Å². The minimum absolute atomic E-state index is 0.238. The minimum atomic E-state index is -3.64. The number of carbonyl (C=O) groups is 1. The van der Waals surface area contributed by atoms with Crippen molar-refractivity contribution in [2.75, 3.05) is 13.1 Å². The number of nitrogens with zero attached hydrogens (tertiary/aromatic N) is 1. The zero-order valence-electron chi connectivity index (χ0n) is 9.35. The van der Waals surface area contributed by atoms with E-state index >= 15 is 0 Å². The lowest BCUT2D eigenvalue weighted by molar-refractivity contribution is -0.139. The molecule has 1 aliphatic rings. The normalized spacial score (nSPS) is 20.6. The molecule has 16 heavy (non-hydrogen) atoms. The fourth-order valence-electron chi connectivity index (χ4n) is 1.67. The monoisotopic (exact) mass is 250 g/mol. The van der Waals surface area contributed by atoms with Gasteiger partial charge in [0.25, 0.3) is 10.2 Å². The topological polar surface area (TPSA) is 86.7 Å². The zero-order chi connectivity index (χ0) is 12.2. The van der Waals surface area contributed by atoms with Crippen molar-refractivity contribution in [3.8, 4) is 0 Å². The Bertz CT molecular complexity index is 335. The highest BCUT2D eigenvalue weighted by Crippen LogP contribution is 2.12. The molecule has 1 atom stereocenters. The van der Waals surface area contributed by atoms with Crippen LogP contribution >= 0.6 is 0 Å². The predicted molar refractivity (Wildman–Crippen MR) is 59.2 cm³/mol. The molecule has 1 aliphatic heterocycles. The van der Waals surface area contributed by atoms with Crippen LogP contribution in [0.25, 0.3) is 0 Å². The maximum Gasteiger partial charge on any atom is 0.321 e. The van der Waals surface area contributed by atoms with Crippen molar-refractivity contribution in [2.24, 2.45) is 0 Å². The summed E-state index contributed by atoms with van der Waals surface area (Å²) < 4.78 is 27.2. The number of hydrogen-bond acceptors (Lipinski definition) is 3. The van der Waals surface area contributed by atoms with Gasteiger partial charge < -0.3 is 5.11 Å². The highest BCUT2D eigenvalue weighted by Gasteiger charge is 2.28. The molecule has 6 nitrogen and oxygen atoms in total. The molecule has 1 fully saturated rings. The summed E-state index contributed by atoms with van der Waals surface area (Å²) in [7, 11) is -3.64. The Kier molecular flexibility index (Phi) is 4.69. The number of carboxylic acids is 1. The molecule has 2 N–H and O–H groups in total. The Labute approximate surface area is 95.8 Å². The molecule has 0 saturated carbocycles. The van der Waals surface area contributed by atoms with Crippen LogP contribution in [0.15, 0.2) is 0 Å². The van der Waals surface area contributed by atoms with E-state index in [1.165, 1.54) is 4.31 Å². The molecule has 0 amide bonds. The molecule has 0 aromatic carbocycles. The van der Waals surface area contributed by atoms with Crippen LogP contribution < -0.4 is 4.72 Å². The summed E-state index contributed by atoms with van der Waals surface area (Å²) in [5.41, 5.74) is 0. The fourth-order valence-corrected chi connectivity index (χ4v) is 3.18. The SMILES string of the molecule is CC[C@H](NS(=O)(=O)N1CCCCC1)C(=O)O. The summed E-state index contributed by atoms with van der Waals surface area (Å²) in [5, 5.41) is 8.79. The third kappa shape index (κ3) is 3.43. The van der Waals surface area contributed by atoms with E-state index in [4.69, 9.17) is 5.11 Å². The molecular formula is C9H18N2O4S. The molecule has 1 rings (SSSR count).